The SMILES string of the molecule is CN(C)c1ccc(NC(=O)c2c[nH]c(=S)n2-c2ccccc2)cn1. The summed E-state index contributed by atoms with van der Waals surface area (Å²) in [4.78, 5) is 21.7. The molecule has 0 atom stereocenters. The van der Waals surface area contributed by atoms with Crippen LogP contribution in [0.5, 0.6) is 0 Å². The number of anilines is 2. The van der Waals surface area contributed by atoms with Gasteiger partial charge in [-0.3, -0.25) is 9.36 Å². The lowest BCUT2D eigenvalue weighted by Gasteiger charge is -2.12. The molecule has 3 aromatic rings. The number of hydrogen-bond acceptors (Lipinski definition) is 4. The van der Waals surface area contributed by atoms with Crippen molar-refractivity contribution in [2.24, 2.45) is 0 Å². The highest BCUT2D eigenvalue weighted by molar-refractivity contribution is 7.71. The van der Waals surface area contributed by atoms with Crippen molar-refractivity contribution in [2.75, 3.05) is 24.3 Å². The Labute approximate surface area is 144 Å². The van der Waals surface area contributed by atoms with Crippen molar-refractivity contribution in [1.82, 2.24) is 14.5 Å². The van der Waals surface area contributed by atoms with Crippen LogP contribution in [0.1, 0.15) is 10.5 Å². The Hall–Kier alpha value is -2.93. The third-order valence-corrected chi connectivity index (χ3v) is 3.79. The Balaban J connectivity index is 1.87. The van der Waals surface area contributed by atoms with Crippen LogP contribution in [0.4, 0.5) is 11.5 Å². The van der Waals surface area contributed by atoms with E-state index < -0.39 is 0 Å². The van der Waals surface area contributed by atoms with Gasteiger partial charge in [0.25, 0.3) is 5.91 Å². The standard InChI is InChI=1S/C17H17N5OS/c1-21(2)15-9-8-12(10-18-15)20-16(23)14-11-19-17(24)22(14)13-6-4-3-5-7-13/h3-11H,1-2H3,(H,19,24)(H,20,23). The lowest BCUT2D eigenvalue weighted by Crippen LogP contribution is -2.17. The Kier molecular flexibility index (Phi) is 4.43. The first kappa shape index (κ1) is 15.9. The molecule has 7 heteroatoms. The topological polar surface area (TPSA) is 66.0 Å². The third-order valence-electron chi connectivity index (χ3n) is 3.49. The van der Waals surface area contributed by atoms with Crippen LogP contribution in [-0.2, 0) is 0 Å². The molecular weight excluding hydrogens is 322 g/mol. The summed E-state index contributed by atoms with van der Waals surface area (Å²) in [5.74, 6) is 0.562. The Morgan fingerprint density at radius 2 is 1.96 bits per heavy atom. The quantitative estimate of drug-likeness (QED) is 0.716. The molecule has 0 aliphatic heterocycles. The van der Waals surface area contributed by atoms with E-state index in [-0.39, 0.29) is 5.91 Å². The molecule has 0 aliphatic rings. The molecule has 1 aromatic carbocycles. The van der Waals surface area contributed by atoms with Gasteiger partial charge in [0, 0.05) is 26.0 Å². The van der Waals surface area contributed by atoms with E-state index in [4.69, 9.17) is 12.2 Å². The van der Waals surface area contributed by atoms with Crippen LogP contribution >= 0.6 is 12.2 Å². The van der Waals surface area contributed by atoms with E-state index >= 15 is 0 Å². The predicted octanol–water partition coefficient (Wildman–Crippen LogP) is 3.25. The first-order valence-electron chi connectivity index (χ1n) is 7.37. The molecule has 0 fully saturated rings. The minimum absolute atomic E-state index is 0.259. The number of rotatable bonds is 4. The van der Waals surface area contributed by atoms with Gasteiger partial charge in [-0.15, -0.1) is 0 Å². The summed E-state index contributed by atoms with van der Waals surface area (Å²) < 4.78 is 2.17. The largest absolute Gasteiger partial charge is 0.363 e. The van der Waals surface area contributed by atoms with E-state index in [0.717, 1.165) is 11.5 Å². The first-order valence-corrected chi connectivity index (χ1v) is 7.77. The minimum atomic E-state index is -0.259. The molecule has 0 radical (unpaired) electrons. The number of H-pyrrole nitrogens is 1. The smallest absolute Gasteiger partial charge is 0.274 e. The molecule has 0 unspecified atom stereocenters. The lowest BCUT2D eigenvalue weighted by atomic mass is 10.3. The molecule has 122 valence electrons. The number of nitrogens with one attached hydrogen (secondary N) is 2. The van der Waals surface area contributed by atoms with Gasteiger partial charge in [0.15, 0.2) is 4.77 Å². The van der Waals surface area contributed by atoms with Gasteiger partial charge in [0.2, 0.25) is 0 Å². The number of benzene rings is 1. The predicted molar refractivity (Wildman–Crippen MR) is 97.5 cm³/mol. The van der Waals surface area contributed by atoms with E-state index in [1.165, 1.54) is 0 Å². The molecule has 0 saturated carbocycles. The number of aromatic amines is 1. The molecule has 1 amide bonds. The van der Waals surface area contributed by atoms with Gasteiger partial charge in [-0.1, -0.05) is 18.2 Å². The summed E-state index contributed by atoms with van der Waals surface area (Å²) in [7, 11) is 3.82. The average molecular weight is 339 g/mol. The molecule has 3 rings (SSSR count). The van der Waals surface area contributed by atoms with Crippen LogP contribution in [0.3, 0.4) is 0 Å². The van der Waals surface area contributed by atoms with Crippen LogP contribution in [0.15, 0.2) is 54.9 Å². The van der Waals surface area contributed by atoms with Crippen molar-refractivity contribution in [3.63, 3.8) is 0 Å². The van der Waals surface area contributed by atoms with Crippen molar-refractivity contribution in [1.29, 1.82) is 0 Å². The Bertz CT molecular complexity index is 897. The van der Waals surface area contributed by atoms with Crippen molar-refractivity contribution in [2.45, 2.75) is 0 Å². The molecule has 0 bridgehead atoms. The van der Waals surface area contributed by atoms with E-state index in [1.807, 2.05) is 61.5 Å². The van der Waals surface area contributed by atoms with Crippen molar-refractivity contribution in [3.8, 4) is 5.69 Å². The fourth-order valence-electron chi connectivity index (χ4n) is 2.29. The molecule has 0 spiro atoms. The van der Waals surface area contributed by atoms with Gasteiger partial charge < -0.3 is 15.2 Å². The summed E-state index contributed by atoms with van der Waals surface area (Å²) >= 11 is 5.29. The molecule has 0 saturated heterocycles. The van der Waals surface area contributed by atoms with Gasteiger partial charge in [0.05, 0.1) is 11.9 Å². The van der Waals surface area contributed by atoms with E-state index in [0.29, 0.717) is 16.2 Å². The average Bonchev–Trinajstić information content (AvgIpc) is 2.98. The summed E-state index contributed by atoms with van der Waals surface area (Å²) in [6.07, 6.45) is 3.23. The van der Waals surface area contributed by atoms with Crippen LogP contribution in [0.2, 0.25) is 0 Å². The number of para-hydroxylation sites is 1. The first-order chi connectivity index (χ1) is 11.6. The molecule has 24 heavy (non-hydrogen) atoms. The maximum absolute atomic E-state index is 12.6. The van der Waals surface area contributed by atoms with Crippen LogP contribution in [0.25, 0.3) is 5.69 Å². The second-order valence-corrected chi connectivity index (χ2v) is 5.79. The third kappa shape index (κ3) is 3.21. The number of pyridine rings is 1. The molecule has 6 nitrogen and oxygen atoms in total. The summed E-state index contributed by atoms with van der Waals surface area (Å²) in [5, 5.41) is 2.84. The number of nitrogens with zero attached hydrogens (tertiary/aromatic N) is 3. The fourth-order valence-corrected chi connectivity index (χ4v) is 2.55. The number of aromatic nitrogens is 3. The maximum Gasteiger partial charge on any atom is 0.274 e. The van der Waals surface area contributed by atoms with E-state index in [2.05, 4.69) is 15.3 Å². The molecule has 2 heterocycles. The normalized spacial score (nSPS) is 10.4. The van der Waals surface area contributed by atoms with E-state index in [1.54, 1.807) is 17.0 Å². The number of amides is 1. The lowest BCUT2D eigenvalue weighted by molar-refractivity contribution is 0.102. The Morgan fingerprint density at radius 1 is 1.21 bits per heavy atom. The monoisotopic (exact) mass is 339 g/mol. The number of carbonyl (C=O) groups excluding carboxylic acids is 1. The molecule has 2 aromatic heterocycles. The summed E-state index contributed by atoms with van der Waals surface area (Å²) in [5.41, 5.74) is 1.88. The number of hydrogen-bond donors (Lipinski definition) is 2. The van der Waals surface area contributed by atoms with Gasteiger partial charge in [0.1, 0.15) is 11.5 Å². The van der Waals surface area contributed by atoms with Gasteiger partial charge in [-0.2, -0.15) is 0 Å². The molecular formula is C17H17N5OS. The van der Waals surface area contributed by atoms with Gasteiger partial charge in [-0.25, -0.2) is 4.98 Å². The zero-order valence-corrected chi connectivity index (χ0v) is 14.2. The molecule has 2 N–H and O–H groups in total. The second kappa shape index (κ2) is 6.67. The van der Waals surface area contributed by atoms with Gasteiger partial charge in [-0.05, 0) is 36.5 Å². The Morgan fingerprint density at radius 3 is 2.58 bits per heavy atom. The van der Waals surface area contributed by atoms with Crippen LogP contribution in [0, 0.1) is 4.77 Å². The highest BCUT2D eigenvalue weighted by Crippen LogP contribution is 2.16. The molecule has 0 aliphatic carbocycles. The van der Waals surface area contributed by atoms with Crippen LogP contribution < -0.4 is 10.2 Å². The number of imidazole rings is 1. The minimum Gasteiger partial charge on any atom is -0.363 e. The fraction of sp³-hybridized carbons (Fsp3) is 0.118. The maximum atomic E-state index is 12.6. The summed E-state index contributed by atoms with van der Waals surface area (Å²) in [6.45, 7) is 0. The van der Waals surface area contributed by atoms with Crippen molar-refractivity contribution < 1.29 is 4.79 Å². The van der Waals surface area contributed by atoms with Crippen molar-refractivity contribution in [3.05, 3.63) is 65.3 Å². The number of carbonyl (C=O) groups is 1. The zero-order valence-electron chi connectivity index (χ0n) is 13.4. The van der Waals surface area contributed by atoms with Gasteiger partial charge >= 0.3 is 0 Å². The van der Waals surface area contributed by atoms with Crippen molar-refractivity contribution >= 4 is 29.6 Å². The second-order valence-electron chi connectivity index (χ2n) is 5.40. The van der Waals surface area contributed by atoms with Crippen LogP contribution in [-0.4, -0.2) is 34.5 Å². The zero-order chi connectivity index (χ0) is 17.1. The highest BCUT2D eigenvalue weighted by Gasteiger charge is 2.14. The van der Waals surface area contributed by atoms with E-state index in [9.17, 15) is 4.79 Å². The summed E-state index contributed by atoms with van der Waals surface area (Å²) in [6, 6.07) is 13.2. The highest BCUT2D eigenvalue weighted by atomic mass is 32.1.